The maximum atomic E-state index is 12.1. The van der Waals surface area contributed by atoms with E-state index in [2.05, 4.69) is 40.0 Å². The monoisotopic (exact) mass is 300 g/mol. The number of H-pyrrole nitrogens is 1. The second-order valence-electron chi connectivity index (χ2n) is 6.00. The second kappa shape index (κ2) is 6.38. The number of nitrogens with zero attached hydrogens (tertiary/aromatic N) is 3. The Hall–Kier alpha value is -2.04. The van der Waals surface area contributed by atoms with Crippen LogP contribution < -0.4 is 4.90 Å². The van der Waals surface area contributed by atoms with E-state index in [1.165, 1.54) is 5.69 Å². The van der Waals surface area contributed by atoms with Gasteiger partial charge in [0, 0.05) is 38.3 Å². The van der Waals surface area contributed by atoms with Crippen molar-refractivity contribution in [3.8, 4) is 0 Å². The fraction of sp³-hybridized carbons (Fsp3) is 0.529. The topological polar surface area (TPSA) is 52.2 Å². The first-order valence-electron chi connectivity index (χ1n) is 8.16. The molecule has 1 N–H and O–H groups in total. The Morgan fingerprint density at radius 3 is 2.77 bits per heavy atom. The van der Waals surface area contributed by atoms with Crippen molar-refractivity contribution in [3.63, 3.8) is 0 Å². The minimum Gasteiger partial charge on any atom is -0.368 e. The predicted molar refractivity (Wildman–Crippen MR) is 89.1 cm³/mol. The maximum Gasteiger partial charge on any atom is 0.222 e. The van der Waals surface area contributed by atoms with Gasteiger partial charge in [0.1, 0.15) is 5.82 Å². The van der Waals surface area contributed by atoms with Crippen LogP contribution in [-0.2, 0) is 4.79 Å². The average Bonchev–Trinajstić information content (AvgIpc) is 2.91. The number of aryl methyl sites for hydroxylation is 1. The molecule has 1 aromatic carbocycles. The molecule has 1 amide bonds. The van der Waals surface area contributed by atoms with E-state index in [-0.39, 0.29) is 0 Å². The van der Waals surface area contributed by atoms with Gasteiger partial charge in [-0.1, -0.05) is 13.3 Å². The van der Waals surface area contributed by atoms with Gasteiger partial charge in [-0.3, -0.25) is 4.79 Å². The van der Waals surface area contributed by atoms with Crippen molar-refractivity contribution in [3.05, 3.63) is 24.0 Å². The number of carbonyl (C=O) groups excluding carboxylic acids is 1. The van der Waals surface area contributed by atoms with E-state index in [4.69, 9.17) is 0 Å². The molecule has 5 heteroatoms. The molecule has 1 aromatic heterocycles. The van der Waals surface area contributed by atoms with Crippen LogP contribution in [0.1, 0.15) is 32.0 Å². The maximum absolute atomic E-state index is 12.1. The lowest BCUT2D eigenvalue weighted by atomic mass is 10.2. The quantitative estimate of drug-likeness (QED) is 0.944. The fourth-order valence-corrected chi connectivity index (χ4v) is 3.02. The zero-order chi connectivity index (χ0) is 15.5. The SMILES string of the molecule is CCCCC(=O)N1CCN(c2ccc3nc(C)[nH]c3c2)CC1. The number of anilines is 1. The molecule has 5 nitrogen and oxygen atoms in total. The third-order valence-electron chi connectivity index (χ3n) is 4.33. The van der Waals surface area contributed by atoms with Gasteiger partial charge in [-0.15, -0.1) is 0 Å². The summed E-state index contributed by atoms with van der Waals surface area (Å²) in [5, 5.41) is 0. The van der Waals surface area contributed by atoms with Crippen LogP contribution in [0.5, 0.6) is 0 Å². The molecular formula is C17H24N4O. The largest absolute Gasteiger partial charge is 0.368 e. The van der Waals surface area contributed by atoms with Crippen LogP contribution >= 0.6 is 0 Å². The molecule has 118 valence electrons. The smallest absolute Gasteiger partial charge is 0.222 e. The molecule has 0 bridgehead atoms. The van der Waals surface area contributed by atoms with Crippen LogP contribution in [0.3, 0.4) is 0 Å². The summed E-state index contributed by atoms with van der Waals surface area (Å²) in [5.74, 6) is 1.25. The molecule has 1 aliphatic rings. The summed E-state index contributed by atoms with van der Waals surface area (Å²) < 4.78 is 0. The number of nitrogens with one attached hydrogen (secondary N) is 1. The highest BCUT2D eigenvalue weighted by molar-refractivity contribution is 5.80. The van der Waals surface area contributed by atoms with Crippen molar-refractivity contribution in [2.75, 3.05) is 31.1 Å². The average molecular weight is 300 g/mol. The molecule has 0 aliphatic carbocycles. The highest BCUT2D eigenvalue weighted by atomic mass is 16.2. The number of hydrogen-bond acceptors (Lipinski definition) is 3. The number of carbonyl (C=O) groups is 1. The van der Waals surface area contributed by atoms with Crippen molar-refractivity contribution in [2.24, 2.45) is 0 Å². The van der Waals surface area contributed by atoms with Crippen LogP contribution in [0.25, 0.3) is 11.0 Å². The van der Waals surface area contributed by atoms with Gasteiger partial charge in [-0.25, -0.2) is 4.98 Å². The predicted octanol–water partition coefficient (Wildman–Crippen LogP) is 2.71. The molecule has 0 saturated carbocycles. The number of fused-ring (bicyclic) bond motifs is 1. The molecule has 3 rings (SSSR count). The van der Waals surface area contributed by atoms with E-state index in [0.717, 1.165) is 55.9 Å². The molecule has 0 unspecified atom stereocenters. The molecule has 1 saturated heterocycles. The van der Waals surface area contributed by atoms with Gasteiger partial charge in [-0.2, -0.15) is 0 Å². The van der Waals surface area contributed by atoms with Gasteiger partial charge < -0.3 is 14.8 Å². The molecule has 2 aromatic rings. The van der Waals surface area contributed by atoms with Crippen molar-refractivity contribution in [1.29, 1.82) is 0 Å². The van der Waals surface area contributed by atoms with E-state index in [9.17, 15) is 4.79 Å². The summed E-state index contributed by atoms with van der Waals surface area (Å²) in [5.41, 5.74) is 3.29. The Morgan fingerprint density at radius 1 is 1.27 bits per heavy atom. The number of imidazole rings is 1. The zero-order valence-electron chi connectivity index (χ0n) is 13.4. The zero-order valence-corrected chi connectivity index (χ0v) is 13.4. The Labute approximate surface area is 131 Å². The standard InChI is InChI=1S/C17H24N4O/c1-3-4-5-17(22)21-10-8-20(9-11-21)14-6-7-15-16(12-14)19-13(2)18-15/h6-7,12H,3-5,8-11H2,1-2H3,(H,18,19). The molecular weight excluding hydrogens is 276 g/mol. The summed E-state index contributed by atoms with van der Waals surface area (Å²) in [6.07, 6.45) is 2.76. The molecule has 22 heavy (non-hydrogen) atoms. The first kappa shape index (κ1) is 14.9. The van der Waals surface area contributed by atoms with Crippen molar-refractivity contribution < 1.29 is 4.79 Å². The molecule has 1 aliphatic heterocycles. The van der Waals surface area contributed by atoms with Crippen LogP contribution in [0, 0.1) is 6.92 Å². The van der Waals surface area contributed by atoms with Crippen LogP contribution in [0.15, 0.2) is 18.2 Å². The normalized spacial score (nSPS) is 15.5. The Balaban J connectivity index is 1.63. The fourth-order valence-electron chi connectivity index (χ4n) is 3.02. The van der Waals surface area contributed by atoms with Gasteiger partial charge >= 0.3 is 0 Å². The lowest BCUT2D eigenvalue weighted by Crippen LogP contribution is -2.48. The number of rotatable bonds is 4. The highest BCUT2D eigenvalue weighted by Gasteiger charge is 2.21. The summed E-state index contributed by atoms with van der Waals surface area (Å²) in [6, 6.07) is 6.34. The van der Waals surface area contributed by atoms with Gasteiger partial charge in [0.25, 0.3) is 0 Å². The first-order chi connectivity index (χ1) is 10.7. The first-order valence-corrected chi connectivity index (χ1v) is 8.16. The number of unbranched alkanes of at least 4 members (excludes halogenated alkanes) is 1. The molecule has 0 radical (unpaired) electrons. The molecule has 1 fully saturated rings. The van der Waals surface area contributed by atoms with Crippen molar-refractivity contribution in [2.45, 2.75) is 33.1 Å². The minimum atomic E-state index is 0.307. The Morgan fingerprint density at radius 2 is 2.05 bits per heavy atom. The van der Waals surface area contributed by atoms with E-state index in [0.29, 0.717) is 12.3 Å². The van der Waals surface area contributed by atoms with Gasteiger partial charge in [0.15, 0.2) is 0 Å². The van der Waals surface area contributed by atoms with E-state index in [1.807, 2.05) is 11.8 Å². The number of amides is 1. The number of benzene rings is 1. The van der Waals surface area contributed by atoms with E-state index in [1.54, 1.807) is 0 Å². The van der Waals surface area contributed by atoms with Crippen molar-refractivity contribution >= 4 is 22.6 Å². The summed E-state index contributed by atoms with van der Waals surface area (Å²) in [6.45, 7) is 7.54. The van der Waals surface area contributed by atoms with E-state index >= 15 is 0 Å². The lowest BCUT2D eigenvalue weighted by Gasteiger charge is -2.36. The number of hydrogen-bond donors (Lipinski definition) is 1. The summed E-state index contributed by atoms with van der Waals surface area (Å²) >= 11 is 0. The van der Waals surface area contributed by atoms with Crippen LogP contribution in [0.4, 0.5) is 5.69 Å². The van der Waals surface area contributed by atoms with Crippen LogP contribution in [-0.4, -0.2) is 47.0 Å². The molecule has 0 spiro atoms. The molecule has 0 atom stereocenters. The van der Waals surface area contributed by atoms with Gasteiger partial charge in [-0.05, 0) is 31.5 Å². The van der Waals surface area contributed by atoms with E-state index < -0.39 is 0 Å². The second-order valence-corrected chi connectivity index (χ2v) is 6.00. The number of aromatic amines is 1. The number of piperazine rings is 1. The Kier molecular flexibility index (Phi) is 4.32. The molecule has 2 heterocycles. The third kappa shape index (κ3) is 3.08. The highest BCUT2D eigenvalue weighted by Crippen LogP contribution is 2.22. The van der Waals surface area contributed by atoms with Gasteiger partial charge in [0.05, 0.1) is 11.0 Å². The Bertz CT molecular complexity index is 656. The van der Waals surface area contributed by atoms with Gasteiger partial charge in [0.2, 0.25) is 5.91 Å². The third-order valence-corrected chi connectivity index (χ3v) is 4.33. The summed E-state index contributed by atoms with van der Waals surface area (Å²) in [7, 11) is 0. The van der Waals surface area contributed by atoms with Crippen LogP contribution in [0.2, 0.25) is 0 Å². The minimum absolute atomic E-state index is 0.307. The van der Waals surface area contributed by atoms with Crippen molar-refractivity contribution in [1.82, 2.24) is 14.9 Å². The summed E-state index contributed by atoms with van der Waals surface area (Å²) in [4.78, 5) is 24.1. The lowest BCUT2D eigenvalue weighted by molar-refractivity contribution is -0.131. The number of aromatic nitrogens is 2.